The first-order valence-corrected chi connectivity index (χ1v) is 15.4. The Kier molecular flexibility index (Phi) is 8.41. The van der Waals surface area contributed by atoms with E-state index in [1.807, 2.05) is 32.0 Å². The summed E-state index contributed by atoms with van der Waals surface area (Å²) in [5.74, 6) is 0. The molecule has 12 heteroatoms. The van der Waals surface area contributed by atoms with Crippen molar-refractivity contribution in [2.45, 2.75) is 60.6 Å². The molecule has 2 heterocycles. The van der Waals surface area contributed by atoms with Gasteiger partial charge in [-0.2, -0.15) is 16.8 Å². The number of hydrogen-bond donors (Lipinski definition) is 0. The average Bonchev–Trinajstić information content (AvgIpc) is 2.94. The molecule has 0 N–H and O–H groups in total. The van der Waals surface area contributed by atoms with Crippen LogP contribution >= 0.6 is 0 Å². The SMILES string of the molecule is CO[C@H]1O[C@@H]2COC(c3ccccc3)O[C@H]2[C@H](OS(=O)(=O)c2ccc(C)cc2)[C@@H]1OS(=O)(=O)c1ccc(C)cc1. The first kappa shape index (κ1) is 28.8. The first-order valence-electron chi connectivity index (χ1n) is 12.6. The first-order chi connectivity index (χ1) is 19.1. The van der Waals surface area contributed by atoms with Gasteiger partial charge in [0.25, 0.3) is 20.2 Å². The summed E-state index contributed by atoms with van der Waals surface area (Å²) >= 11 is 0. The molecule has 2 fully saturated rings. The van der Waals surface area contributed by atoms with Crippen molar-refractivity contribution in [3.05, 3.63) is 95.6 Å². The molecule has 0 saturated carbocycles. The van der Waals surface area contributed by atoms with Crippen molar-refractivity contribution in [1.82, 2.24) is 0 Å². The Morgan fingerprint density at radius 3 is 1.75 bits per heavy atom. The van der Waals surface area contributed by atoms with Crippen molar-refractivity contribution >= 4 is 20.2 Å². The Bertz CT molecular complexity index is 1510. The summed E-state index contributed by atoms with van der Waals surface area (Å²) in [4.78, 5) is -0.229. The van der Waals surface area contributed by atoms with Gasteiger partial charge in [-0.05, 0) is 38.1 Å². The summed E-state index contributed by atoms with van der Waals surface area (Å²) in [5, 5.41) is 0. The van der Waals surface area contributed by atoms with Crippen molar-refractivity contribution in [2.75, 3.05) is 13.7 Å². The fraction of sp³-hybridized carbons (Fsp3) is 0.357. The van der Waals surface area contributed by atoms with Crippen LogP contribution in [-0.4, -0.2) is 61.3 Å². The maximum Gasteiger partial charge on any atom is 0.297 e. The lowest BCUT2D eigenvalue weighted by atomic mass is 9.98. The van der Waals surface area contributed by atoms with E-state index in [2.05, 4.69) is 0 Å². The molecule has 2 aliphatic rings. The fourth-order valence-electron chi connectivity index (χ4n) is 4.54. The van der Waals surface area contributed by atoms with Gasteiger partial charge in [0, 0.05) is 12.7 Å². The number of aryl methyl sites for hydroxylation is 2. The van der Waals surface area contributed by atoms with E-state index in [9.17, 15) is 16.8 Å². The monoisotopic (exact) mass is 590 g/mol. The molecule has 5 rings (SSSR count). The van der Waals surface area contributed by atoms with Crippen LogP contribution in [0.1, 0.15) is 23.0 Å². The van der Waals surface area contributed by atoms with Crippen molar-refractivity contribution in [3.63, 3.8) is 0 Å². The van der Waals surface area contributed by atoms with Gasteiger partial charge in [-0.15, -0.1) is 0 Å². The van der Waals surface area contributed by atoms with Crippen LogP contribution in [-0.2, 0) is 47.5 Å². The molecule has 1 unspecified atom stereocenters. The van der Waals surface area contributed by atoms with Gasteiger partial charge in [-0.1, -0.05) is 65.7 Å². The maximum atomic E-state index is 13.5. The standard InChI is InChI=1S/C28H30O10S2/c1-18-9-13-21(14-10-18)39(29,30)37-25-24-23(17-34-27(36-24)20-7-5-4-6-8-20)35-28(33-3)26(25)38-40(31,32)22-15-11-19(2)12-16-22/h4-16,23-28H,17H2,1-3H3/t23-,24-,25+,26+,27?,28+/m1/s1. The van der Waals surface area contributed by atoms with Crippen LogP contribution in [0.2, 0.25) is 0 Å². The third-order valence-corrected chi connectivity index (χ3v) is 9.33. The lowest BCUT2D eigenvalue weighted by molar-refractivity contribution is -0.351. The molecule has 214 valence electrons. The highest BCUT2D eigenvalue weighted by molar-refractivity contribution is 7.87. The maximum absolute atomic E-state index is 13.5. The highest BCUT2D eigenvalue weighted by Gasteiger charge is 2.54. The molecule has 10 nitrogen and oxygen atoms in total. The highest BCUT2D eigenvalue weighted by Crippen LogP contribution is 2.38. The van der Waals surface area contributed by atoms with E-state index in [-0.39, 0.29) is 16.4 Å². The minimum atomic E-state index is -4.41. The number of rotatable bonds is 8. The quantitative estimate of drug-likeness (QED) is 0.359. The summed E-state index contributed by atoms with van der Waals surface area (Å²) in [6.07, 6.45) is -7.17. The van der Waals surface area contributed by atoms with E-state index in [0.29, 0.717) is 5.56 Å². The topological polar surface area (TPSA) is 124 Å². The van der Waals surface area contributed by atoms with E-state index >= 15 is 0 Å². The molecule has 0 bridgehead atoms. The molecule has 0 spiro atoms. The van der Waals surface area contributed by atoms with Gasteiger partial charge in [0.05, 0.1) is 16.4 Å². The van der Waals surface area contributed by atoms with Gasteiger partial charge >= 0.3 is 0 Å². The summed E-state index contributed by atoms with van der Waals surface area (Å²) in [6.45, 7) is 3.65. The summed E-state index contributed by atoms with van der Waals surface area (Å²) in [5.41, 5.74) is 2.39. The van der Waals surface area contributed by atoms with Crippen LogP contribution in [0.5, 0.6) is 0 Å². The minimum absolute atomic E-state index is 0.00591. The predicted molar refractivity (Wildman–Crippen MR) is 142 cm³/mol. The van der Waals surface area contributed by atoms with Crippen LogP contribution in [0.4, 0.5) is 0 Å². The van der Waals surface area contributed by atoms with Gasteiger partial charge in [0.1, 0.15) is 18.3 Å². The van der Waals surface area contributed by atoms with E-state index < -0.39 is 57.2 Å². The van der Waals surface area contributed by atoms with Crippen LogP contribution in [0, 0.1) is 13.8 Å². The molecule has 3 aromatic rings. The van der Waals surface area contributed by atoms with E-state index in [1.54, 1.807) is 36.4 Å². The second kappa shape index (κ2) is 11.7. The zero-order valence-electron chi connectivity index (χ0n) is 22.1. The normalized spacial score (nSPS) is 27.2. The molecule has 40 heavy (non-hydrogen) atoms. The van der Waals surface area contributed by atoms with E-state index in [0.717, 1.165) is 11.1 Å². The van der Waals surface area contributed by atoms with Gasteiger partial charge in [0.15, 0.2) is 18.7 Å². The van der Waals surface area contributed by atoms with Crippen molar-refractivity contribution in [3.8, 4) is 0 Å². The molecule has 2 aliphatic heterocycles. The number of ether oxygens (including phenoxy) is 4. The molecular formula is C28H30O10S2. The number of benzene rings is 3. The fourth-order valence-corrected chi connectivity index (χ4v) is 6.71. The second-order valence-corrected chi connectivity index (χ2v) is 12.8. The Morgan fingerprint density at radius 1 is 0.700 bits per heavy atom. The lowest BCUT2D eigenvalue weighted by Gasteiger charge is -2.47. The van der Waals surface area contributed by atoms with Crippen molar-refractivity contribution in [2.24, 2.45) is 0 Å². The Labute approximate surface area is 234 Å². The van der Waals surface area contributed by atoms with Crippen LogP contribution in [0.25, 0.3) is 0 Å². The van der Waals surface area contributed by atoms with Crippen LogP contribution in [0.3, 0.4) is 0 Å². The predicted octanol–water partition coefficient (Wildman–Crippen LogP) is 3.64. The van der Waals surface area contributed by atoms with Crippen molar-refractivity contribution < 1.29 is 44.1 Å². The van der Waals surface area contributed by atoms with E-state index in [1.165, 1.54) is 31.4 Å². The zero-order valence-corrected chi connectivity index (χ0v) is 23.7. The molecule has 0 aliphatic carbocycles. The Balaban J connectivity index is 1.53. The number of fused-ring (bicyclic) bond motifs is 1. The molecular weight excluding hydrogens is 560 g/mol. The minimum Gasteiger partial charge on any atom is -0.353 e. The Hall–Kier alpha value is -2.68. The van der Waals surface area contributed by atoms with E-state index in [4.69, 9.17) is 27.3 Å². The van der Waals surface area contributed by atoms with Crippen LogP contribution < -0.4 is 0 Å². The second-order valence-electron chi connectivity index (χ2n) is 9.61. The number of hydrogen-bond acceptors (Lipinski definition) is 10. The third-order valence-electron chi connectivity index (χ3n) is 6.68. The van der Waals surface area contributed by atoms with Gasteiger partial charge in [-0.3, -0.25) is 8.37 Å². The molecule has 2 saturated heterocycles. The largest absolute Gasteiger partial charge is 0.353 e. The average molecular weight is 591 g/mol. The smallest absolute Gasteiger partial charge is 0.297 e. The van der Waals surface area contributed by atoms with Gasteiger partial charge < -0.3 is 18.9 Å². The summed E-state index contributed by atoms with van der Waals surface area (Å²) < 4.78 is 88.4. The van der Waals surface area contributed by atoms with Gasteiger partial charge in [0.2, 0.25) is 0 Å². The molecule has 0 aromatic heterocycles. The molecule has 6 atom stereocenters. The summed E-state index contributed by atoms with van der Waals surface area (Å²) in [6, 6.07) is 21.2. The van der Waals surface area contributed by atoms with Crippen molar-refractivity contribution in [1.29, 1.82) is 0 Å². The number of methoxy groups -OCH3 is 1. The third kappa shape index (κ3) is 6.14. The molecule has 0 amide bonds. The highest BCUT2D eigenvalue weighted by atomic mass is 32.2. The molecule has 0 radical (unpaired) electrons. The summed E-state index contributed by atoms with van der Waals surface area (Å²) in [7, 11) is -7.52. The molecule has 3 aromatic carbocycles. The zero-order chi connectivity index (χ0) is 28.5. The Morgan fingerprint density at radius 2 is 1.23 bits per heavy atom. The van der Waals surface area contributed by atoms with Crippen LogP contribution in [0.15, 0.2) is 88.7 Å². The van der Waals surface area contributed by atoms with Gasteiger partial charge in [-0.25, -0.2) is 0 Å². The lowest BCUT2D eigenvalue weighted by Crippen LogP contribution is -2.64.